The molecule has 0 aliphatic rings. The highest BCUT2D eigenvalue weighted by molar-refractivity contribution is 6.33. The topological polar surface area (TPSA) is 25.2 Å². The Hall–Kier alpha value is -0.990. The van der Waals surface area contributed by atoms with Gasteiger partial charge in [-0.3, -0.25) is 0 Å². The molecule has 2 aromatic rings. The number of fused-ring (bicyclic) bond motifs is 1. The van der Waals surface area contributed by atoms with Crippen LogP contribution in [0.1, 0.15) is 43.7 Å². The first-order chi connectivity index (χ1) is 8.75. The van der Waals surface area contributed by atoms with Gasteiger partial charge in [-0.05, 0) is 49.6 Å². The fourth-order valence-electron chi connectivity index (χ4n) is 2.64. The third-order valence-corrected chi connectivity index (χ3v) is 4.23. The first-order valence-electron chi connectivity index (χ1n) is 6.62. The predicted octanol–water partition coefficient (Wildman–Crippen LogP) is 5.01. The Labute approximate surface area is 120 Å². The van der Waals surface area contributed by atoms with Gasteiger partial charge >= 0.3 is 0 Å². The van der Waals surface area contributed by atoms with Gasteiger partial charge in [0.25, 0.3) is 0 Å². The summed E-state index contributed by atoms with van der Waals surface area (Å²) in [5.41, 5.74) is 3.16. The molecule has 1 N–H and O–H groups in total. The van der Waals surface area contributed by atoms with E-state index in [0.29, 0.717) is 0 Å². The Morgan fingerprint density at radius 2 is 1.84 bits per heavy atom. The summed E-state index contributed by atoms with van der Waals surface area (Å²) >= 11 is 6.31. The van der Waals surface area contributed by atoms with Crippen molar-refractivity contribution in [3.05, 3.63) is 34.0 Å². The van der Waals surface area contributed by atoms with E-state index in [2.05, 4.69) is 32.2 Å². The fraction of sp³-hybridized carbons (Fsp3) is 0.500. The van der Waals surface area contributed by atoms with Crippen molar-refractivity contribution in [3.8, 4) is 0 Å². The molecule has 0 aliphatic carbocycles. The van der Waals surface area contributed by atoms with E-state index in [0.717, 1.165) is 32.9 Å². The summed E-state index contributed by atoms with van der Waals surface area (Å²) < 4.78 is 6.04. The molecule has 0 fully saturated rings. The van der Waals surface area contributed by atoms with E-state index in [1.165, 1.54) is 0 Å². The summed E-state index contributed by atoms with van der Waals surface area (Å²) in [5.74, 6) is 0.967. The van der Waals surface area contributed by atoms with Crippen molar-refractivity contribution in [2.75, 3.05) is 7.05 Å². The zero-order valence-electron chi connectivity index (χ0n) is 12.5. The van der Waals surface area contributed by atoms with Crippen LogP contribution in [0.25, 0.3) is 11.0 Å². The van der Waals surface area contributed by atoms with Crippen molar-refractivity contribution < 1.29 is 4.42 Å². The van der Waals surface area contributed by atoms with Crippen LogP contribution in [0.4, 0.5) is 0 Å². The Kier molecular flexibility index (Phi) is 3.67. The number of rotatable bonds is 2. The Morgan fingerprint density at radius 3 is 2.37 bits per heavy atom. The lowest BCUT2D eigenvalue weighted by Gasteiger charge is -2.28. The summed E-state index contributed by atoms with van der Waals surface area (Å²) in [6.45, 7) is 10.7. The molecule has 0 aliphatic heterocycles. The quantitative estimate of drug-likeness (QED) is 0.836. The normalized spacial score (nSPS) is 14.1. The third-order valence-electron chi connectivity index (χ3n) is 3.65. The van der Waals surface area contributed by atoms with E-state index in [1.807, 2.05) is 27.0 Å². The van der Waals surface area contributed by atoms with Crippen LogP contribution in [0, 0.1) is 19.3 Å². The largest absolute Gasteiger partial charge is 0.459 e. The van der Waals surface area contributed by atoms with E-state index >= 15 is 0 Å². The molecule has 0 saturated heterocycles. The number of benzene rings is 1. The van der Waals surface area contributed by atoms with Crippen LogP contribution in [0.5, 0.6) is 0 Å². The lowest BCUT2D eigenvalue weighted by molar-refractivity contribution is 0.253. The number of hydrogen-bond acceptors (Lipinski definition) is 2. The average molecular weight is 280 g/mol. The van der Waals surface area contributed by atoms with Gasteiger partial charge in [0.1, 0.15) is 11.3 Å². The van der Waals surface area contributed by atoms with Gasteiger partial charge in [0.2, 0.25) is 0 Å². The van der Waals surface area contributed by atoms with Crippen LogP contribution < -0.4 is 5.32 Å². The average Bonchev–Trinajstić information content (AvgIpc) is 2.68. The zero-order valence-corrected chi connectivity index (χ0v) is 13.3. The number of hydrogen-bond donors (Lipinski definition) is 1. The Balaban J connectivity index is 2.62. The minimum atomic E-state index is 0.0926. The highest BCUT2D eigenvalue weighted by Gasteiger charge is 2.28. The van der Waals surface area contributed by atoms with Gasteiger partial charge in [-0.1, -0.05) is 32.4 Å². The first-order valence-corrected chi connectivity index (χ1v) is 7.00. The number of nitrogens with one attached hydrogen (secondary N) is 1. The van der Waals surface area contributed by atoms with Crippen LogP contribution in [0.2, 0.25) is 5.02 Å². The van der Waals surface area contributed by atoms with Crippen LogP contribution in [-0.2, 0) is 0 Å². The molecule has 19 heavy (non-hydrogen) atoms. The molecular weight excluding hydrogens is 258 g/mol. The molecule has 1 atom stereocenters. The Morgan fingerprint density at radius 1 is 1.21 bits per heavy atom. The first kappa shape index (κ1) is 14.4. The van der Waals surface area contributed by atoms with Crippen LogP contribution in [0.3, 0.4) is 0 Å². The molecule has 1 unspecified atom stereocenters. The minimum Gasteiger partial charge on any atom is -0.459 e. The summed E-state index contributed by atoms with van der Waals surface area (Å²) in [5, 5.41) is 5.28. The SMILES string of the molecule is CNC(c1cc2c(C)c(Cl)c(C)cc2o1)C(C)(C)C. The standard InChI is InChI=1S/C16H22ClNO/c1-9-7-12-11(10(2)14(9)17)8-13(19-12)15(18-6)16(3,4)5/h7-8,15,18H,1-6H3. The molecule has 2 nitrogen and oxygen atoms in total. The predicted molar refractivity (Wildman–Crippen MR) is 82.0 cm³/mol. The van der Waals surface area contributed by atoms with Crippen LogP contribution >= 0.6 is 11.6 Å². The molecule has 2 rings (SSSR count). The molecule has 1 aromatic heterocycles. The number of halogens is 1. The molecular formula is C16H22ClNO. The van der Waals surface area contributed by atoms with E-state index in [4.69, 9.17) is 16.0 Å². The zero-order chi connectivity index (χ0) is 14.4. The van der Waals surface area contributed by atoms with Gasteiger partial charge in [-0.15, -0.1) is 0 Å². The summed E-state index contributed by atoms with van der Waals surface area (Å²) in [4.78, 5) is 0. The van der Waals surface area contributed by atoms with E-state index in [1.54, 1.807) is 0 Å². The van der Waals surface area contributed by atoms with E-state index < -0.39 is 0 Å². The van der Waals surface area contributed by atoms with Gasteiger partial charge in [-0.25, -0.2) is 0 Å². The molecule has 3 heteroatoms. The van der Waals surface area contributed by atoms with Gasteiger partial charge in [0.05, 0.1) is 6.04 Å². The van der Waals surface area contributed by atoms with Crippen molar-refractivity contribution in [1.82, 2.24) is 5.32 Å². The van der Waals surface area contributed by atoms with Crippen LogP contribution in [-0.4, -0.2) is 7.05 Å². The van der Waals surface area contributed by atoms with Crippen molar-refractivity contribution in [2.24, 2.45) is 5.41 Å². The summed E-state index contributed by atoms with van der Waals surface area (Å²) in [6, 6.07) is 4.31. The minimum absolute atomic E-state index is 0.0926. The molecule has 0 radical (unpaired) electrons. The maximum Gasteiger partial charge on any atom is 0.135 e. The maximum atomic E-state index is 6.31. The van der Waals surface area contributed by atoms with Crippen LogP contribution in [0.15, 0.2) is 16.5 Å². The molecule has 0 amide bonds. The third kappa shape index (κ3) is 2.52. The highest BCUT2D eigenvalue weighted by Crippen LogP contribution is 2.38. The van der Waals surface area contributed by atoms with Crippen molar-refractivity contribution >= 4 is 22.6 Å². The van der Waals surface area contributed by atoms with Gasteiger partial charge < -0.3 is 9.73 Å². The van der Waals surface area contributed by atoms with Crippen molar-refractivity contribution in [1.29, 1.82) is 0 Å². The van der Waals surface area contributed by atoms with Gasteiger partial charge in [0.15, 0.2) is 0 Å². The highest BCUT2D eigenvalue weighted by atomic mass is 35.5. The maximum absolute atomic E-state index is 6.31. The fourth-order valence-corrected chi connectivity index (χ4v) is 2.80. The molecule has 0 bridgehead atoms. The number of furan rings is 1. The second kappa shape index (κ2) is 4.84. The molecule has 1 heterocycles. The van der Waals surface area contributed by atoms with Crippen molar-refractivity contribution in [2.45, 2.75) is 40.7 Å². The molecule has 0 saturated carbocycles. The Bertz CT molecular complexity index is 607. The molecule has 0 spiro atoms. The monoisotopic (exact) mass is 279 g/mol. The van der Waals surface area contributed by atoms with Gasteiger partial charge in [-0.2, -0.15) is 0 Å². The second-order valence-electron chi connectivity index (χ2n) is 6.28. The summed E-state index contributed by atoms with van der Waals surface area (Å²) in [6.07, 6.45) is 0. The smallest absolute Gasteiger partial charge is 0.135 e. The summed E-state index contributed by atoms with van der Waals surface area (Å²) in [7, 11) is 1.97. The lowest BCUT2D eigenvalue weighted by atomic mass is 9.85. The number of aryl methyl sites for hydroxylation is 2. The molecule has 1 aromatic carbocycles. The van der Waals surface area contributed by atoms with E-state index in [9.17, 15) is 0 Å². The van der Waals surface area contributed by atoms with Gasteiger partial charge in [0, 0.05) is 10.4 Å². The molecule has 104 valence electrons. The van der Waals surface area contributed by atoms with Crippen molar-refractivity contribution in [3.63, 3.8) is 0 Å². The lowest BCUT2D eigenvalue weighted by Crippen LogP contribution is -2.29. The second-order valence-corrected chi connectivity index (χ2v) is 6.66. The van der Waals surface area contributed by atoms with E-state index in [-0.39, 0.29) is 11.5 Å².